The third-order valence-electron chi connectivity index (χ3n) is 6.30. The highest BCUT2D eigenvalue weighted by molar-refractivity contribution is 6.51. The zero-order valence-corrected chi connectivity index (χ0v) is 21.9. The van der Waals surface area contributed by atoms with Crippen LogP contribution in [0.15, 0.2) is 60.2 Å². The van der Waals surface area contributed by atoms with Gasteiger partial charge >= 0.3 is 5.91 Å². The zero-order valence-electron chi connectivity index (χ0n) is 20.4. The number of hydrogen-bond acceptors (Lipinski definition) is 6. The second-order valence-electron chi connectivity index (χ2n) is 8.85. The van der Waals surface area contributed by atoms with Gasteiger partial charge in [0.15, 0.2) is 0 Å². The van der Waals surface area contributed by atoms with Crippen molar-refractivity contribution in [1.82, 2.24) is 9.97 Å². The quantitative estimate of drug-likeness (QED) is 0.186. The number of carbonyl (C=O) groups excluding carboxylic acids is 2. The lowest BCUT2D eigenvalue weighted by Gasteiger charge is -2.24. The SMILES string of the molecule is COc1c(Cl)cc(Cl)cc1/C(O)=C1\C(=O)C(=O)N(c2nc3ccc(F)cc3[nH]2)C1c1ccc(N(C)C)cc1. The summed E-state index contributed by atoms with van der Waals surface area (Å²) in [5, 5.41) is 11.8. The van der Waals surface area contributed by atoms with Gasteiger partial charge < -0.3 is 19.7 Å². The maximum Gasteiger partial charge on any atom is 0.302 e. The molecule has 11 heteroatoms. The molecule has 3 aromatic carbocycles. The van der Waals surface area contributed by atoms with Gasteiger partial charge in [-0.2, -0.15) is 0 Å². The Morgan fingerprint density at radius 3 is 2.47 bits per heavy atom. The van der Waals surface area contributed by atoms with E-state index in [1.54, 1.807) is 12.1 Å². The molecule has 1 amide bonds. The number of carbonyl (C=O) groups is 2. The molecule has 1 fully saturated rings. The van der Waals surface area contributed by atoms with E-state index < -0.39 is 29.3 Å². The highest BCUT2D eigenvalue weighted by Crippen LogP contribution is 2.44. The van der Waals surface area contributed by atoms with Crippen molar-refractivity contribution in [3.8, 4) is 5.75 Å². The Hall–Kier alpha value is -4.08. The smallest absolute Gasteiger partial charge is 0.302 e. The van der Waals surface area contributed by atoms with Crippen LogP contribution in [-0.4, -0.2) is 48.0 Å². The number of methoxy groups -OCH3 is 1. The maximum atomic E-state index is 13.8. The summed E-state index contributed by atoms with van der Waals surface area (Å²) in [6.07, 6.45) is 0. The van der Waals surface area contributed by atoms with E-state index in [0.717, 1.165) is 10.6 Å². The van der Waals surface area contributed by atoms with Crippen molar-refractivity contribution in [3.05, 3.63) is 87.2 Å². The van der Waals surface area contributed by atoms with Crippen LogP contribution in [0.5, 0.6) is 5.75 Å². The van der Waals surface area contributed by atoms with E-state index in [4.69, 9.17) is 27.9 Å². The minimum atomic E-state index is -1.08. The molecule has 2 heterocycles. The van der Waals surface area contributed by atoms with Crippen molar-refractivity contribution in [3.63, 3.8) is 0 Å². The van der Waals surface area contributed by atoms with Crippen LogP contribution in [0, 0.1) is 5.82 Å². The first kappa shape index (κ1) is 25.6. The van der Waals surface area contributed by atoms with Crippen LogP contribution >= 0.6 is 23.2 Å². The van der Waals surface area contributed by atoms with Crippen molar-refractivity contribution in [2.24, 2.45) is 0 Å². The third-order valence-corrected chi connectivity index (χ3v) is 6.80. The molecule has 1 aromatic heterocycles. The van der Waals surface area contributed by atoms with Crippen molar-refractivity contribution in [2.45, 2.75) is 6.04 Å². The average Bonchev–Trinajstić information content (AvgIpc) is 3.40. The molecule has 1 aliphatic heterocycles. The number of rotatable bonds is 5. The Balaban J connectivity index is 1.76. The lowest BCUT2D eigenvalue weighted by Crippen LogP contribution is -2.30. The van der Waals surface area contributed by atoms with Crippen LogP contribution in [0.3, 0.4) is 0 Å². The maximum absolute atomic E-state index is 13.8. The predicted molar refractivity (Wildman–Crippen MR) is 145 cm³/mol. The number of nitrogens with zero attached hydrogens (tertiary/aromatic N) is 3. The lowest BCUT2D eigenvalue weighted by atomic mass is 9.95. The number of hydrogen-bond donors (Lipinski definition) is 2. The Morgan fingerprint density at radius 1 is 1.11 bits per heavy atom. The Kier molecular flexibility index (Phi) is 6.50. The van der Waals surface area contributed by atoms with Crippen molar-refractivity contribution in [1.29, 1.82) is 0 Å². The number of aliphatic hydroxyl groups is 1. The van der Waals surface area contributed by atoms with Gasteiger partial charge in [-0.1, -0.05) is 35.3 Å². The molecule has 5 rings (SSSR count). The number of ketones is 1. The molecule has 38 heavy (non-hydrogen) atoms. The number of ether oxygens (including phenoxy) is 1. The standard InChI is InChI=1S/C27H21Cl2FN4O4/c1-33(2)16-7-4-13(5-8-16)22-21(23(35)17-10-14(28)11-18(29)25(17)38-3)24(36)26(37)34(22)27-31-19-9-6-15(30)12-20(19)32-27/h4-12,22,35H,1-3H3,(H,31,32)/b23-21+. The normalized spacial score (nSPS) is 16.9. The molecule has 0 saturated carbocycles. The number of aromatic nitrogens is 2. The number of aromatic amines is 1. The number of amides is 1. The summed E-state index contributed by atoms with van der Waals surface area (Å²) in [6, 6.07) is 12.8. The number of halogens is 3. The second-order valence-corrected chi connectivity index (χ2v) is 9.69. The second kappa shape index (κ2) is 9.66. The monoisotopic (exact) mass is 554 g/mol. The Labute approximate surface area is 226 Å². The van der Waals surface area contributed by atoms with Gasteiger partial charge in [0.1, 0.15) is 17.3 Å². The largest absolute Gasteiger partial charge is 0.507 e. The molecule has 1 atom stereocenters. The molecular weight excluding hydrogens is 534 g/mol. The van der Waals surface area contributed by atoms with E-state index in [0.29, 0.717) is 16.6 Å². The van der Waals surface area contributed by atoms with Crippen LogP contribution in [0.2, 0.25) is 10.0 Å². The van der Waals surface area contributed by atoms with Gasteiger partial charge in [-0.15, -0.1) is 0 Å². The highest BCUT2D eigenvalue weighted by Gasteiger charge is 2.48. The fraction of sp³-hybridized carbons (Fsp3) is 0.148. The molecule has 2 N–H and O–H groups in total. The number of H-pyrrole nitrogens is 1. The summed E-state index contributed by atoms with van der Waals surface area (Å²) < 4.78 is 19.2. The number of Topliss-reactive ketones (excluding diaryl/α,β-unsaturated/α-hetero) is 1. The first-order chi connectivity index (χ1) is 18.1. The summed E-state index contributed by atoms with van der Waals surface area (Å²) in [5.41, 5.74) is 1.98. The molecule has 0 aliphatic carbocycles. The number of aliphatic hydroxyl groups excluding tert-OH is 1. The van der Waals surface area contributed by atoms with E-state index in [1.807, 2.05) is 31.1 Å². The number of imidazole rings is 1. The molecule has 1 saturated heterocycles. The average molecular weight is 555 g/mol. The van der Waals surface area contributed by atoms with Gasteiger partial charge in [0, 0.05) is 24.8 Å². The molecule has 1 aliphatic rings. The Morgan fingerprint density at radius 2 is 1.82 bits per heavy atom. The molecule has 1 unspecified atom stereocenters. The fourth-order valence-corrected chi connectivity index (χ4v) is 5.06. The first-order valence-electron chi connectivity index (χ1n) is 11.4. The van der Waals surface area contributed by atoms with Crippen molar-refractivity contribution >= 4 is 63.3 Å². The molecule has 4 aromatic rings. The number of anilines is 2. The van der Waals surface area contributed by atoms with Crippen LogP contribution < -0.4 is 14.5 Å². The van der Waals surface area contributed by atoms with E-state index in [1.165, 1.54) is 37.4 Å². The fourth-order valence-electron chi connectivity index (χ4n) is 4.49. The molecular formula is C27H21Cl2FN4O4. The summed E-state index contributed by atoms with van der Waals surface area (Å²) in [4.78, 5) is 37.3. The van der Waals surface area contributed by atoms with Gasteiger partial charge in [-0.05, 0) is 48.0 Å². The summed E-state index contributed by atoms with van der Waals surface area (Å²) >= 11 is 12.5. The molecule has 8 nitrogen and oxygen atoms in total. The van der Waals surface area contributed by atoms with Crippen molar-refractivity contribution in [2.75, 3.05) is 31.0 Å². The predicted octanol–water partition coefficient (Wildman–Crippen LogP) is 5.71. The zero-order chi connectivity index (χ0) is 27.3. The highest BCUT2D eigenvalue weighted by atomic mass is 35.5. The summed E-state index contributed by atoms with van der Waals surface area (Å²) in [6.45, 7) is 0. The molecule has 0 spiro atoms. The third kappa shape index (κ3) is 4.23. The number of nitrogens with one attached hydrogen (secondary N) is 1. The van der Waals surface area contributed by atoms with Gasteiger partial charge in [0.25, 0.3) is 5.78 Å². The van der Waals surface area contributed by atoms with Crippen LogP contribution in [0.4, 0.5) is 16.0 Å². The van der Waals surface area contributed by atoms with Crippen LogP contribution in [0.25, 0.3) is 16.8 Å². The van der Waals surface area contributed by atoms with E-state index in [2.05, 4.69) is 9.97 Å². The van der Waals surface area contributed by atoms with Gasteiger partial charge in [0.05, 0.1) is 40.3 Å². The molecule has 194 valence electrons. The number of fused-ring (bicyclic) bond motifs is 1. The first-order valence-corrected chi connectivity index (χ1v) is 12.1. The van der Waals surface area contributed by atoms with E-state index >= 15 is 0 Å². The van der Waals surface area contributed by atoms with Gasteiger partial charge in [0.2, 0.25) is 5.95 Å². The lowest BCUT2D eigenvalue weighted by molar-refractivity contribution is -0.132. The summed E-state index contributed by atoms with van der Waals surface area (Å²) in [5.74, 6) is -2.79. The van der Waals surface area contributed by atoms with Crippen LogP contribution in [0.1, 0.15) is 17.2 Å². The number of benzene rings is 3. The topological polar surface area (TPSA) is 98.8 Å². The van der Waals surface area contributed by atoms with Gasteiger partial charge in [-0.3, -0.25) is 14.5 Å². The minimum Gasteiger partial charge on any atom is -0.507 e. The van der Waals surface area contributed by atoms with Crippen molar-refractivity contribution < 1.29 is 23.8 Å². The van der Waals surface area contributed by atoms with E-state index in [9.17, 15) is 19.1 Å². The molecule has 0 bridgehead atoms. The van der Waals surface area contributed by atoms with Gasteiger partial charge in [-0.25, -0.2) is 9.37 Å². The molecule has 0 radical (unpaired) electrons. The summed E-state index contributed by atoms with van der Waals surface area (Å²) in [7, 11) is 5.11. The van der Waals surface area contributed by atoms with E-state index in [-0.39, 0.29) is 32.9 Å². The van der Waals surface area contributed by atoms with Crippen LogP contribution in [-0.2, 0) is 9.59 Å². The minimum absolute atomic E-state index is 0.0181. The Bertz CT molecular complexity index is 1630.